The molecule has 47 heavy (non-hydrogen) atoms. The van der Waals surface area contributed by atoms with Crippen LogP contribution in [-0.4, -0.2) is 66.4 Å². The van der Waals surface area contributed by atoms with E-state index in [0.717, 1.165) is 6.20 Å². The summed E-state index contributed by atoms with van der Waals surface area (Å²) >= 11 is 0. The number of ether oxygens (including phenoxy) is 4. The number of nitrogens with one attached hydrogen (secondary N) is 2. The van der Waals surface area contributed by atoms with E-state index in [-0.39, 0.29) is 24.3 Å². The Labute approximate surface area is 274 Å². The Kier molecular flexibility index (Phi) is 10.5. The van der Waals surface area contributed by atoms with E-state index in [1.807, 2.05) is 13.8 Å². The Balaban J connectivity index is 1.60. The first-order valence-corrected chi connectivity index (χ1v) is 16.3. The predicted molar refractivity (Wildman–Crippen MR) is 176 cm³/mol. The van der Waals surface area contributed by atoms with Crippen molar-refractivity contribution in [2.24, 2.45) is 0 Å². The van der Waals surface area contributed by atoms with Crippen molar-refractivity contribution in [1.29, 1.82) is 0 Å². The van der Waals surface area contributed by atoms with Gasteiger partial charge in [-0.15, -0.1) is 0 Å². The number of rotatable bonds is 12. The second kappa shape index (κ2) is 13.7. The summed E-state index contributed by atoms with van der Waals surface area (Å²) < 4.78 is 68.5. The molecule has 14 nitrogen and oxygen atoms in total. The van der Waals surface area contributed by atoms with Gasteiger partial charge in [-0.2, -0.15) is 4.98 Å². The Morgan fingerprint density at radius 1 is 0.957 bits per heavy atom. The molecule has 258 valence electrons. The van der Waals surface area contributed by atoms with Gasteiger partial charge in [-0.25, -0.2) is 18.9 Å². The van der Waals surface area contributed by atoms with Crippen LogP contribution in [0, 0.1) is 5.82 Å². The van der Waals surface area contributed by atoms with E-state index in [0.29, 0.717) is 41.0 Å². The highest BCUT2D eigenvalue weighted by Crippen LogP contribution is 2.56. The van der Waals surface area contributed by atoms with Crippen molar-refractivity contribution in [3.05, 3.63) is 36.3 Å². The lowest BCUT2D eigenvalue weighted by molar-refractivity contribution is 0.00108. The molecule has 0 aliphatic carbocycles. The lowest BCUT2D eigenvalue weighted by Gasteiger charge is -2.40. The Hall–Kier alpha value is -3.91. The van der Waals surface area contributed by atoms with Crippen molar-refractivity contribution in [2.75, 3.05) is 50.1 Å². The number of pyridine rings is 1. The van der Waals surface area contributed by atoms with Gasteiger partial charge in [-0.05, 0) is 67.5 Å². The molecule has 0 spiro atoms. The van der Waals surface area contributed by atoms with E-state index in [9.17, 15) is 8.96 Å². The molecule has 2 N–H and O–H groups in total. The zero-order valence-corrected chi connectivity index (χ0v) is 29.6. The zero-order valence-electron chi connectivity index (χ0n) is 28.7. The summed E-state index contributed by atoms with van der Waals surface area (Å²) in [6, 6.07) is 6.66. The van der Waals surface area contributed by atoms with Crippen LogP contribution in [-0.2, 0) is 18.1 Å². The van der Waals surface area contributed by atoms with E-state index >= 15 is 0 Å². The maximum absolute atomic E-state index is 15.0. The van der Waals surface area contributed by atoms with Crippen LogP contribution in [0.1, 0.15) is 55.4 Å². The fourth-order valence-electron chi connectivity index (χ4n) is 4.58. The fraction of sp³-hybridized carbons (Fsp3) is 0.516. The molecule has 0 radical (unpaired) electrons. The highest BCUT2D eigenvalue weighted by atomic mass is 31.2. The summed E-state index contributed by atoms with van der Waals surface area (Å²) in [7, 11) is 0.477. The number of halogens is 1. The number of phosphoric ester groups is 1. The summed E-state index contributed by atoms with van der Waals surface area (Å²) in [5, 5.41) is 5.94. The van der Waals surface area contributed by atoms with Gasteiger partial charge in [-0.1, -0.05) is 0 Å². The molecule has 0 fully saturated rings. The van der Waals surface area contributed by atoms with E-state index < -0.39 is 30.4 Å². The van der Waals surface area contributed by atoms with Gasteiger partial charge >= 0.3 is 7.82 Å². The van der Waals surface area contributed by atoms with Gasteiger partial charge < -0.3 is 34.5 Å². The standard InChI is InChI=1S/C31H44FN6O8P/c1-29(2,3)45-47(39,46-30(4,5)6)43-18-38-17-31(7,8)44-21-12-13-24(36-27(21)38)35-26-20(32)16-33-28(37-26)34-19-14-22(40-9)25(42-11)23(15-19)41-10/h12-16H,17-18H2,1-11H3,(H2,33,34,35,36,37). The van der Waals surface area contributed by atoms with Gasteiger partial charge in [0.05, 0.1) is 45.3 Å². The molecule has 16 heteroatoms. The normalized spacial score (nSPS) is 14.6. The summed E-state index contributed by atoms with van der Waals surface area (Å²) in [5.74, 6) is 1.57. The predicted octanol–water partition coefficient (Wildman–Crippen LogP) is 7.21. The van der Waals surface area contributed by atoms with Crippen molar-refractivity contribution in [2.45, 2.75) is 72.2 Å². The van der Waals surface area contributed by atoms with Crippen LogP contribution in [0.2, 0.25) is 0 Å². The first kappa shape index (κ1) is 35.9. The van der Waals surface area contributed by atoms with Crippen molar-refractivity contribution in [3.8, 4) is 23.0 Å². The molecule has 0 amide bonds. The van der Waals surface area contributed by atoms with Gasteiger partial charge in [0, 0.05) is 17.8 Å². The lowest BCUT2D eigenvalue weighted by atomic mass is 10.1. The maximum Gasteiger partial charge on any atom is 0.477 e. The molecule has 0 saturated heterocycles. The van der Waals surface area contributed by atoms with Crippen LogP contribution in [0.4, 0.5) is 33.5 Å². The summed E-state index contributed by atoms with van der Waals surface area (Å²) in [6.07, 6.45) is 1.03. The zero-order chi connectivity index (χ0) is 34.8. The van der Waals surface area contributed by atoms with Crippen LogP contribution >= 0.6 is 7.82 Å². The topological polar surface area (TPSA) is 148 Å². The largest absolute Gasteiger partial charge is 0.493 e. The molecule has 4 rings (SSSR count). The Morgan fingerprint density at radius 2 is 1.57 bits per heavy atom. The van der Waals surface area contributed by atoms with Gasteiger partial charge in [0.25, 0.3) is 0 Å². The highest BCUT2D eigenvalue weighted by molar-refractivity contribution is 7.48. The smallest absolute Gasteiger partial charge is 0.477 e. The molecule has 3 heterocycles. The number of nitrogens with zero attached hydrogens (tertiary/aromatic N) is 4. The fourth-order valence-corrected chi connectivity index (χ4v) is 6.35. The number of hydrogen-bond donors (Lipinski definition) is 2. The van der Waals surface area contributed by atoms with Gasteiger partial charge in [0.1, 0.15) is 18.1 Å². The van der Waals surface area contributed by atoms with E-state index in [1.165, 1.54) is 21.3 Å². The molecule has 3 aromatic rings. The summed E-state index contributed by atoms with van der Waals surface area (Å²) in [6.45, 7) is 14.5. The van der Waals surface area contributed by atoms with Crippen molar-refractivity contribution >= 4 is 36.9 Å². The quantitative estimate of drug-likeness (QED) is 0.186. The SMILES string of the molecule is COc1cc(Nc2ncc(F)c(Nc3ccc4c(n3)N(COP(=O)(OC(C)(C)C)OC(C)(C)C)CC(C)(C)O4)n2)cc(OC)c1OC. The molecular weight excluding hydrogens is 634 g/mol. The summed E-state index contributed by atoms with van der Waals surface area (Å²) in [4.78, 5) is 14.8. The minimum absolute atomic E-state index is 0.0923. The Morgan fingerprint density at radius 3 is 2.13 bits per heavy atom. The average molecular weight is 679 g/mol. The van der Waals surface area contributed by atoms with Crippen molar-refractivity contribution < 1.29 is 41.5 Å². The molecule has 0 bridgehead atoms. The number of methoxy groups -OCH3 is 3. The highest BCUT2D eigenvalue weighted by Gasteiger charge is 2.40. The second-order valence-corrected chi connectivity index (χ2v) is 14.8. The van der Waals surface area contributed by atoms with Crippen LogP contribution in [0.3, 0.4) is 0 Å². The lowest BCUT2D eigenvalue weighted by Crippen LogP contribution is -2.48. The number of aromatic nitrogens is 3. The minimum atomic E-state index is -4.03. The average Bonchev–Trinajstić information content (AvgIpc) is 2.95. The number of anilines is 5. The van der Waals surface area contributed by atoms with Gasteiger partial charge in [-0.3, -0.25) is 13.6 Å². The first-order chi connectivity index (χ1) is 21.8. The van der Waals surface area contributed by atoms with Crippen molar-refractivity contribution in [3.63, 3.8) is 0 Å². The van der Waals surface area contributed by atoms with Crippen LogP contribution in [0.25, 0.3) is 0 Å². The molecule has 0 atom stereocenters. The monoisotopic (exact) mass is 678 g/mol. The molecule has 1 aliphatic heterocycles. The molecule has 0 unspecified atom stereocenters. The number of benzene rings is 1. The van der Waals surface area contributed by atoms with E-state index in [1.54, 1.807) is 70.7 Å². The van der Waals surface area contributed by atoms with E-state index in [4.69, 9.17) is 32.5 Å². The molecule has 1 aromatic carbocycles. The minimum Gasteiger partial charge on any atom is -0.493 e. The molecule has 0 saturated carbocycles. The van der Waals surface area contributed by atoms with Crippen LogP contribution in [0.15, 0.2) is 30.5 Å². The molecule has 1 aliphatic rings. The molecule has 2 aromatic heterocycles. The maximum atomic E-state index is 15.0. The number of hydrogen-bond acceptors (Lipinski definition) is 14. The third kappa shape index (κ3) is 9.57. The van der Waals surface area contributed by atoms with Crippen LogP contribution < -0.4 is 34.5 Å². The van der Waals surface area contributed by atoms with Gasteiger partial charge in [0.2, 0.25) is 11.7 Å². The third-order valence-electron chi connectivity index (χ3n) is 6.15. The van der Waals surface area contributed by atoms with Crippen molar-refractivity contribution in [1.82, 2.24) is 15.0 Å². The van der Waals surface area contributed by atoms with Gasteiger partial charge in [0.15, 0.2) is 34.7 Å². The third-order valence-corrected chi connectivity index (χ3v) is 8.13. The second-order valence-electron chi connectivity index (χ2n) is 13.2. The number of fused-ring (bicyclic) bond motifs is 1. The first-order valence-electron chi connectivity index (χ1n) is 14.8. The number of phosphoric acid groups is 1. The summed E-state index contributed by atoms with van der Waals surface area (Å²) in [5.41, 5.74) is -1.74. The van der Waals surface area contributed by atoms with Crippen LogP contribution in [0.5, 0.6) is 23.0 Å². The Bertz CT molecular complexity index is 1580. The van der Waals surface area contributed by atoms with E-state index in [2.05, 4.69) is 25.6 Å². The molecular formula is C31H44FN6O8P.